The zero-order chi connectivity index (χ0) is 11.1. The summed E-state index contributed by atoms with van der Waals surface area (Å²) < 4.78 is 0. The summed E-state index contributed by atoms with van der Waals surface area (Å²) in [6.07, 6.45) is 5.02. The highest BCUT2D eigenvalue weighted by Gasteiger charge is 2.06. The Morgan fingerprint density at radius 3 is 2.07 bits per heavy atom. The first kappa shape index (κ1) is 11.8. The molecule has 0 unspecified atom stereocenters. The molecule has 1 N–H and O–H groups in total. The first-order valence-corrected chi connectivity index (χ1v) is 5.64. The van der Waals surface area contributed by atoms with Crippen LogP contribution in [0.5, 0.6) is 0 Å². The van der Waals surface area contributed by atoms with E-state index < -0.39 is 0 Å². The highest BCUT2D eigenvalue weighted by Crippen LogP contribution is 2.23. The van der Waals surface area contributed by atoms with Gasteiger partial charge >= 0.3 is 0 Å². The van der Waals surface area contributed by atoms with Crippen LogP contribution in [-0.2, 0) is 17.6 Å². The van der Waals surface area contributed by atoms with Gasteiger partial charge in [-0.1, -0.05) is 44.9 Å². The summed E-state index contributed by atoms with van der Waals surface area (Å²) in [5, 5.41) is 2.83. The summed E-state index contributed by atoms with van der Waals surface area (Å²) in [6, 6.07) is 6.26. The molecule has 0 aliphatic rings. The molecule has 1 amide bonds. The largest absolute Gasteiger partial charge is 0.328 e. The second kappa shape index (κ2) is 6.23. The van der Waals surface area contributed by atoms with Crippen molar-refractivity contribution in [2.24, 2.45) is 0 Å². The number of carbonyl (C=O) groups is 1. The third kappa shape index (κ3) is 3.08. The number of hydrogen-bond acceptors (Lipinski definition) is 1. The molecule has 2 heteroatoms. The van der Waals surface area contributed by atoms with Crippen molar-refractivity contribution < 1.29 is 4.79 Å². The number of carbonyl (C=O) groups excluding carboxylic acids is 1. The van der Waals surface area contributed by atoms with E-state index in [1.165, 1.54) is 11.1 Å². The Bertz CT molecular complexity index is 296. The van der Waals surface area contributed by atoms with E-state index in [0.29, 0.717) is 0 Å². The molecule has 1 aromatic carbocycles. The summed E-state index contributed by atoms with van der Waals surface area (Å²) >= 11 is 0. The van der Waals surface area contributed by atoms with Crippen LogP contribution >= 0.6 is 0 Å². The predicted molar refractivity (Wildman–Crippen MR) is 64.1 cm³/mol. The average molecular weight is 205 g/mol. The fourth-order valence-electron chi connectivity index (χ4n) is 1.85. The van der Waals surface area contributed by atoms with E-state index in [1.807, 2.05) is 0 Å². The van der Waals surface area contributed by atoms with Crippen LogP contribution in [0.25, 0.3) is 0 Å². The van der Waals surface area contributed by atoms with E-state index in [2.05, 4.69) is 37.4 Å². The highest BCUT2D eigenvalue weighted by atomic mass is 16.1. The van der Waals surface area contributed by atoms with Gasteiger partial charge in [-0.15, -0.1) is 0 Å². The third-order valence-corrected chi connectivity index (χ3v) is 2.48. The van der Waals surface area contributed by atoms with Crippen LogP contribution < -0.4 is 5.32 Å². The zero-order valence-electron chi connectivity index (χ0n) is 9.55. The van der Waals surface area contributed by atoms with Crippen LogP contribution in [0.3, 0.4) is 0 Å². The lowest BCUT2D eigenvalue weighted by atomic mass is 10.0. The number of rotatable bonds is 6. The number of para-hydroxylation sites is 1. The van der Waals surface area contributed by atoms with E-state index >= 15 is 0 Å². The maximum absolute atomic E-state index is 10.6. The molecule has 0 atom stereocenters. The van der Waals surface area contributed by atoms with Gasteiger partial charge in [-0.05, 0) is 24.0 Å². The van der Waals surface area contributed by atoms with Gasteiger partial charge in [-0.25, -0.2) is 0 Å². The van der Waals surface area contributed by atoms with E-state index in [1.54, 1.807) is 0 Å². The van der Waals surface area contributed by atoms with Crippen LogP contribution in [0.2, 0.25) is 0 Å². The first-order chi connectivity index (χ1) is 7.33. The maximum atomic E-state index is 10.6. The van der Waals surface area contributed by atoms with Gasteiger partial charge in [0.1, 0.15) is 0 Å². The Morgan fingerprint density at radius 2 is 1.67 bits per heavy atom. The summed E-state index contributed by atoms with van der Waals surface area (Å²) in [7, 11) is 0. The molecule has 1 aromatic rings. The zero-order valence-corrected chi connectivity index (χ0v) is 9.55. The smallest absolute Gasteiger partial charge is 0.211 e. The van der Waals surface area contributed by atoms with Gasteiger partial charge in [0.05, 0.1) is 0 Å². The summed E-state index contributed by atoms with van der Waals surface area (Å²) in [6.45, 7) is 4.30. The van der Waals surface area contributed by atoms with Crippen molar-refractivity contribution in [3.63, 3.8) is 0 Å². The Balaban J connectivity index is 3.02. The lowest BCUT2D eigenvalue weighted by molar-refractivity contribution is -0.105. The van der Waals surface area contributed by atoms with E-state index in [9.17, 15) is 4.79 Å². The minimum absolute atomic E-state index is 0.771. The Morgan fingerprint density at radius 1 is 1.13 bits per heavy atom. The Kier molecular flexibility index (Phi) is 4.88. The standard InChI is InChI=1S/C13H19NO/c1-3-6-11-8-5-9-12(7-4-2)13(11)14-10-15/h5,8-10H,3-4,6-7H2,1-2H3,(H,14,15). The third-order valence-electron chi connectivity index (χ3n) is 2.48. The highest BCUT2D eigenvalue weighted by molar-refractivity contribution is 5.75. The van der Waals surface area contributed by atoms with Crippen molar-refractivity contribution in [3.05, 3.63) is 29.3 Å². The molecule has 0 radical (unpaired) electrons. The lowest BCUT2D eigenvalue weighted by Crippen LogP contribution is -2.03. The van der Waals surface area contributed by atoms with Crippen molar-refractivity contribution in [2.45, 2.75) is 39.5 Å². The Labute approximate surface area is 91.7 Å². The molecule has 82 valence electrons. The number of aryl methyl sites for hydroxylation is 2. The maximum Gasteiger partial charge on any atom is 0.211 e. The van der Waals surface area contributed by atoms with Crippen molar-refractivity contribution in [1.29, 1.82) is 0 Å². The number of nitrogens with one attached hydrogen (secondary N) is 1. The molecule has 0 saturated carbocycles. The molecule has 15 heavy (non-hydrogen) atoms. The molecule has 0 bridgehead atoms. The van der Waals surface area contributed by atoms with Gasteiger partial charge in [0, 0.05) is 5.69 Å². The number of benzene rings is 1. The quantitative estimate of drug-likeness (QED) is 0.710. The van der Waals surface area contributed by atoms with Gasteiger partial charge in [0.15, 0.2) is 0 Å². The molecular weight excluding hydrogens is 186 g/mol. The molecule has 0 spiro atoms. The van der Waals surface area contributed by atoms with Crippen LogP contribution in [0.15, 0.2) is 18.2 Å². The molecular formula is C13H19NO. The van der Waals surface area contributed by atoms with Gasteiger partial charge in [-0.3, -0.25) is 4.79 Å². The van der Waals surface area contributed by atoms with Gasteiger partial charge in [-0.2, -0.15) is 0 Å². The summed E-state index contributed by atoms with van der Waals surface area (Å²) in [5.74, 6) is 0. The van der Waals surface area contributed by atoms with Crippen LogP contribution in [0.1, 0.15) is 37.8 Å². The lowest BCUT2D eigenvalue weighted by Gasteiger charge is -2.12. The van der Waals surface area contributed by atoms with Gasteiger partial charge in [0.2, 0.25) is 6.41 Å². The van der Waals surface area contributed by atoms with Crippen molar-refractivity contribution in [1.82, 2.24) is 0 Å². The molecule has 2 nitrogen and oxygen atoms in total. The molecule has 0 aromatic heterocycles. The van der Waals surface area contributed by atoms with E-state index in [4.69, 9.17) is 0 Å². The minimum atomic E-state index is 0.771. The molecule has 1 rings (SSSR count). The first-order valence-electron chi connectivity index (χ1n) is 5.64. The average Bonchev–Trinajstić information content (AvgIpc) is 2.23. The molecule has 0 saturated heterocycles. The van der Waals surface area contributed by atoms with Crippen molar-refractivity contribution in [2.75, 3.05) is 5.32 Å². The summed E-state index contributed by atoms with van der Waals surface area (Å²) in [5.41, 5.74) is 3.52. The van der Waals surface area contributed by atoms with Gasteiger partial charge < -0.3 is 5.32 Å². The molecule has 0 fully saturated rings. The van der Waals surface area contributed by atoms with Crippen molar-refractivity contribution in [3.8, 4) is 0 Å². The number of hydrogen-bond donors (Lipinski definition) is 1. The second-order valence-corrected chi connectivity index (χ2v) is 3.71. The number of anilines is 1. The van der Waals surface area contributed by atoms with Crippen LogP contribution in [0, 0.1) is 0 Å². The van der Waals surface area contributed by atoms with E-state index in [-0.39, 0.29) is 0 Å². The predicted octanol–water partition coefficient (Wildman–Crippen LogP) is 3.16. The van der Waals surface area contributed by atoms with Gasteiger partial charge in [0.25, 0.3) is 0 Å². The normalized spacial score (nSPS) is 10.0. The number of amides is 1. The van der Waals surface area contributed by atoms with E-state index in [0.717, 1.165) is 37.8 Å². The monoisotopic (exact) mass is 205 g/mol. The second-order valence-electron chi connectivity index (χ2n) is 3.71. The Hall–Kier alpha value is -1.31. The van der Waals surface area contributed by atoms with Crippen LogP contribution in [-0.4, -0.2) is 6.41 Å². The minimum Gasteiger partial charge on any atom is -0.328 e. The summed E-state index contributed by atoms with van der Waals surface area (Å²) in [4.78, 5) is 10.6. The molecule has 0 aliphatic carbocycles. The SMILES string of the molecule is CCCc1cccc(CCC)c1NC=O. The molecule has 0 aliphatic heterocycles. The fraction of sp³-hybridized carbons (Fsp3) is 0.462. The fourth-order valence-corrected chi connectivity index (χ4v) is 1.85. The topological polar surface area (TPSA) is 29.1 Å². The van der Waals surface area contributed by atoms with Crippen LogP contribution in [0.4, 0.5) is 5.69 Å². The molecule has 0 heterocycles. The van der Waals surface area contributed by atoms with Crippen molar-refractivity contribution >= 4 is 12.1 Å².